The Morgan fingerprint density at radius 2 is 1.96 bits per heavy atom. The minimum atomic E-state index is -2.95. The molecule has 2 aliphatic rings. The maximum absolute atomic E-state index is 12.7. The van der Waals surface area contributed by atoms with Crippen LogP contribution in [0.15, 0.2) is 12.1 Å². The topological polar surface area (TPSA) is 60.0 Å². The summed E-state index contributed by atoms with van der Waals surface area (Å²) in [5, 5.41) is 3.33. The number of nitrogens with zero attached hydrogens (tertiary/aromatic N) is 1. The lowest BCUT2D eigenvalue weighted by Gasteiger charge is -2.29. The van der Waals surface area contributed by atoms with Crippen molar-refractivity contribution in [3.63, 3.8) is 0 Å². The van der Waals surface area contributed by atoms with E-state index in [0.29, 0.717) is 29.4 Å². The van der Waals surface area contributed by atoms with E-state index in [0.717, 1.165) is 25.9 Å². The van der Waals surface area contributed by atoms with Crippen LogP contribution in [0.2, 0.25) is 0 Å². The van der Waals surface area contributed by atoms with E-state index in [9.17, 15) is 13.6 Å². The molecule has 0 aromatic heterocycles. The van der Waals surface area contributed by atoms with E-state index >= 15 is 0 Å². The number of fused-ring (bicyclic) bond motifs is 1. The third-order valence-electron chi connectivity index (χ3n) is 5.29. The Balaban J connectivity index is 1.65. The molecule has 0 aliphatic carbocycles. The standard InChI is InChI=1S/C19H26F2N2O4/c1-12(13-3-5-22-6-4-13)7-18(24)23(2)10-14-8-16-17(26-11-25-16)9-15(14)27-19(20)21/h8-9,12-13,19,22H,3-7,10-11H2,1-2H3. The molecule has 1 fully saturated rings. The maximum Gasteiger partial charge on any atom is 0.387 e. The molecule has 6 nitrogen and oxygen atoms in total. The predicted molar refractivity (Wildman–Crippen MR) is 95.0 cm³/mol. The number of benzene rings is 1. The van der Waals surface area contributed by atoms with Crippen molar-refractivity contribution < 1.29 is 27.8 Å². The number of piperidine rings is 1. The highest BCUT2D eigenvalue weighted by atomic mass is 19.3. The van der Waals surface area contributed by atoms with Gasteiger partial charge in [0.25, 0.3) is 0 Å². The lowest BCUT2D eigenvalue weighted by Crippen LogP contribution is -2.34. The van der Waals surface area contributed by atoms with E-state index < -0.39 is 6.61 Å². The monoisotopic (exact) mass is 384 g/mol. The lowest BCUT2D eigenvalue weighted by molar-refractivity contribution is -0.131. The van der Waals surface area contributed by atoms with Crippen LogP contribution in [0.5, 0.6) is 17.2 Å². The first-order valence-electron chi connectivity index (χ1n) is 9.26. The molecule has 0 saturated carbocycles. The molecule has 0 bridgehead atoms. The van der Waals surface area contributed by atoms with Gasteiger partial charge in [-0.15, -0.1) is 0 Å². The van der Waals surface area contributed by atoms with Gasteiger partial charge in [0.2, 0.25) is 12.7 Å². The zero-order chi connectivity index (χ0) is 19.4. The molecule has 0 radical (unpaired) electrons. The van der Waals surface area contributed by atoms with Crippen LogP contribution in [0.3, 0.4) is 0 Å². The fourth-order valence-electron chi connectivity index (χ4n) is 3.65. The molecule has 27 heavy (non-hydrogen) atoms. The average molecular weight is 384 g/mol. The Kier molecular flexibility index (Phi) is 6.36. The van der Waals surface area contributed by atoms with Gasteiger partial charge >= 0.3 is 6.61 Å². The number of hydrogen-bond donors (Lipinski definition) is 1. The van der Waals surface area contributed by atoms with Crippen molar-refractivity contribution in [1.29, 1.82) is 0 Å². The summed E-state index contributed by atoms with van der Waals surface area (Å²) in [4.78, 5) is 14.2. The van der Waals surface area contributed by atoms with Crippen molar-refractivity contribution in [3.8, 4) is 17.2 Å². The van der Waals surface area contributed by atoms with Gasteiger partial charge in [-0.2, -0.15) is 8.78 Å². The molecule has 2 aliphatic heterocycles. The molecule has 8 heteroatoms. The van der Waals surface area contributed by atoms with Crippen molar-refractivity contribution in [2.24, 2.45) is 11.8 Å². The minimum Gasteiger partial charge on any atom is -0.454 e. The molecular weight excluding hydrogens is 358 g/mol. The molecule has 1 saturated heterocycles. The predicted octanol–water partition coefficient (Wildman–Crippen LogP) is 3.00. The van der Waals surface area contributed by atoms with Crippen molar-refractivity contribution in [3.05, 3.63) is 17.7 Å². The molecule has 1 N–H and O–H groups in total. The van der Waals surface area contributed by atoms with Gasteiger partial charge in [0.1, 0.15) is 5.75 Å². The minimum absolute atomic E-state index is 0.000281. The van der Waals surface area contributed by atoms with Gasteiger partial charge in [-0.25, -0.2) is 0 Å². The molecule has 1 aromatic carbocycles. The molecular formula is C19H26F2N2O4. The smallest absolute Gasteiger partial charge is 0.387 e. The number of nitrogens with one attached hydrogen (secondary N) is 1. The Bertz CT molecular complexity index is 665. The van der Waals surface area contributed by atoms with Crippen LogP contribution >= 0.6 is 0 Å². The van der Waals surface area contributed by atoms with Crippen LogP contribution in [-0.4, -0.2) is 44.3 Å². The number of amides is 1. The highest BCUT2D eigenvalue weighted by Gasteiger charge is 2.25. The summed E-state index contributed by atoms with van der Waals surface area (Å²) in [6.07, 6.45) is 2.59. The fourth-order valence-corrected chi connectivity index (χ4v) is 3.65. The first kappa shape index (κ1) is 19.7. The van der Waals surface area contributed by atoms with Crippen molar-refractivity contribution in [2.45, 2.75) is 39.3 Å². The largest absolute Gasteiger partial charge is 0.454 e. The lowest BCUT2D eigenvalue weighted by atomic mass is 9.84. The van der Waals surface area contributed by atoms with E-state index in [1.165, 1.54) is 6.07 Å². The van der Waals surface area contributed by atoms with Gasteiger partial charge < -0.3 is 24.4 Å². The number of rotatable bonds is 7. The molecule has 1 atom stereocenters. The number of halogens is 2. The van der Waals surface area contributed by atoms with E-state index in [1.807, 2.05) is 0 Å². The molecule has 1 aromatic rings. The van der Waals surface area contributed by atoms with Crippen LogP contribution in [0.4, 0.5) is 8.78 Å². The Morgan fingerprint density at radius 3 is 2.63 bits per heavy atom. The van der Waals surface area contributed by atoms with Gasteiger partial charge in [-0.1, -0.05) is 6.92 Å². The zero-order valence-corrected chi connectivity index (χ0v) is 15.7. The Labute approximate surface area is 157 Å². The van der Waals surface area contributed by atoms with Crippen molar-refractivity contribution >= 4 is 5.91 Å². The van der Waals surface area contributed by atoms with Crippen LogP contribution < -0.4 is 19.5 Å². The second-order valence-electron chi connectivity index (χ2n) is 7.21. The Morgan fingerprint density at radius 1 is 1.30 bits per heavy atom. The van der Waals surface area contributed by atoms with E-state index in [4.69, 9.17) is 9.47 Å². The van der Waals surface area contributed by atoms with Crippen LogP contribution in [0.25, 0.3) is 0 Å². The second-order valence-corrected chi connectivity index (χ2v) is 7.21. The quantitative estimate of drug-likeness (QED) is 0.783. The van der Waals surface area contributed by atoms with Crippen molar-refractivity contribution in [1.82, 2.24) is 10.2 Å². The van der Waals surface area contributed by atoms with Gasteiger partial charge in [0, 0.05) is 31.6 Å². The van der Waals surface area contributed by atoms with Gasteiger partial charge in [0.15, 0.2) is 11.5 Å². The normalized spacial score (nSPS) is 17.8. The van der Waals surface area contributed by atoms with Gasteiger partial charge in [0.05, 0.1) is 0 Å². The first-order valence-corrected chi connectivity index (χ1v) is 9.26. The number of carbonyl (C=O) groups excluding carboxylic acids is 1. The number of alkyl halides is 2. The van der Waals surface area contributed by atoms with Gasteiger partial charge in [-0.05, 0) is 43.8 Å². The summed E-state index contributed by atoms with van der Waals surface area (Å²) in [5.41, 5.74) is 0.463. The molecule has 1 unspecified atom stereocenters. The molecule has 150 valence electrons. The first-order chi connectivity index (χ1) is 12.9. The van der Waals surface area contributed by atoms with Crippen LogP contribution in [-0.2, 0) is 11.3 Å². The third kappa shape index (κ3) is 5.00. The number of hydrogen-bond acceptors (Lipinski definition) is 5. The molecule has 3 rings (SSSR count). The highest BCUT2D eigenvalue weighted by molar-refractivity contribution is 5.76. The Hall–Kier alpha value is -2.09. The summed E-state index contributed by atoms with van der Waals surface area (Å²) in [7, 11) is 1.67. The maximum atomic E-state index is 12.7. The summed E-state index contributed by atoms with van der Waals surface area (Å²) < 4.78 is 40.6. The summed E-state index contributed by atoms with van der Waals surface area (Å²) in [5.74, 6) is 1.64. The molecule has 1 amide bonds. The highest BCUT2D eigenvalue weighted by Crippen LogP contribution is 2.39. The number of ether oxygens (including phenoxy) is 3. The summed E-state index contributed by atoms with van der Waals surface area (Å²) in [6, 6.07) is 2.99. The molecule has 0 spiro atoms. The van der Waals surface area contributed by atoms with Crippen LogP contribution in [0, 0.1) is 11.8 Å². The van der Waals surface area contributed by atoms with E-state index in [2.05, 4.69) is 17.0 Å². The average Bonchev–Trinajstić information content (AvgIpc) is 3.09. The fraction of sp³-hybridized carbons (Fsp3) is 0.632. The summed E-state index contributed by atoms with van der Waals surface area (Å²) >= 11 is 0. The summed E-state index contributed by atoms with van der Waals surface area (Å²) in [6.45, 7) is 1.33. The molecule has 2 heterocycles. The number of carbonyl (C=O) groups is 1. The second kappa shape index (κ2) is 8.73. The van der Waals surface area contributed by atoms with Crippen molar-refractivity contribution in [2.75, 3.05) is 26.9 Å². The van der Waals surface area contributed by atoms with E-state index in [-0.39, 0.29) is 30.9 Å². The third-order valence-corrected chi connectivity index (χ3v) is 5.29. The SMILES string of the molecule is CC(CC(=O)N(C)Cc1cc2c(cc1OC(F)F)OCO2)C1CCNCC1. The van der Waals surface area contributed by atoms with Gasteiger partial charge in [-0.3, -0.25) is 4.79 Å². The zero-order valence-electron chi connectivity index (χ0n) is 15.7. The van der Waals surface area contributed by atoms with Crippen LogP contribution in [0.1, 0.15) is 31.7 Å². The van der Waals surface area contributed by atoms with E-state index in [1.54, 1.807) is 18.0 Å².